The van der Waals surface area contributed by atoms with Gasteiger partial charge in [-0.3, -0.25) is 0 Å². The summed E-state index contributed by atoms with van der Waals surface area (Å²) in [6, 6.07) is 11.4. The van der Waals surface area contributed by atoms with Gasteiger partial charge in [0.2, 0.25) is 0 Å². The Balaban J connectivity index is 2.23. The molecule has 0 radical (unpaired) electrons. The number of hydrogen-bond donors (Lipinski definition) is 2. The quantitative estimate of drug-likeness (QED) is 0.907. The van der Waals surface area contributed by atoms with Crippen molar-refractivity contribution in [2.45, 2.75) is 6.61 Å². The van der Waals surface area contributed by atoms with Gasteiger partial charge in [-0.05, 0) is 30.3 Å². The molecule has 2 rings (SSSR count). The van der Waals surface area contributed by atoms with Crippen LogP contribution in [-0.2, 0) is 6.61 Å². The van der Waals surface area contributed by atoms with E-state index in [-0.39, 0.29) is 6.61 Å². The lowest BCUT2D eigenvalue weighted by molar-refractivity contribution is 0.282. The molecule has 1 aromatic heterocycles. The van der Waals surface area contributed by atoms with Gasteiger partial charge in [-0.2, -0.15) is 0 Å². The van der Waals surface area contributed by atoms with E-state index in [0.717, 1.165) is 15.7 Å². The Morgan fingerprint density at radius 3 is 2.62 bits per heavy atom. The predicted molar refractivity (Wildman–Crippen MR) is 67.6 cm³/mol. The molecule has 0 fully saturated rings. The van der Waals surface area contributed by atoms with Crippen molar-refractivity contribution in [1.82, 2.24) is 4.98 Å². The van der Waals surface area contributed by atoms with Crippen LogP contribution in [0, 0.1) is 0 Å². The molecule has 1 aromatic carbocycles. The number of benzene rings is 1. The summed E-state index contributed by atoms with van der Waals surface area (Å²) >= 11 is 3.38. The van der Waals surface area contributed by atoms with Gasteiger partial charge < -0.3 is 10.4 Å². The highest BCUT2D eigenvalue weighted by molar-refractivity contribution is 9.10. The summed E-state index contributed by atoms with van der Waals surface area (Å²) < 4.78 is 1.03. The molecule has 0 bridgehead atoms. The molecule has 1 heterocycles. The number of rotatable bonds is 3. The van der Waals surface area contributed by atoms with Crippen LogP contribution in [-0.4, -0.2) is 10.1 Å². The predicted octanol–water partition coefficient (Wildman–Crippen LogP) is 3.08. The topological polar surface area (TPSA) is 45.2 Å². The molecule has 3 nitrogen and oxygen atoms in total. The largest absolute Gasteiger partial charge is 0.392 e. The molecule has 0 amide bonds. The first-order valence-electron chi connectivity index (χ1n) is 4.87. The molecule has 16 heavy (non-hydrogen) atoms. The van der Waals surface area contributed by atoms with Crippen molar-refractivity contribution in [1.29, 1.82) is 0 Å². The minimum absolute atomic E-state index is 0.0211. The van der Waals surface area contributed by atoms with Crippen molar-refractivity contribution in [3.8, 4) is 0 Å². The SMILES string of the molecule is OCc1cccnc1Nc1ccc(Br)cc1. The number of aromatic nitrogens is 1. The second-order valence-electron chi connectivity index (χ2n) is 3.30. The van der Waals surface area contributed by atoms with Crippen LogP contribution in [0.3, 0.4) is 0 Å². The number of halogens is 1. The van der Waals surface area contributed by atoms with Crippen LogP contribution in [0.25, 0.3) is 0 Å². The van der Waals surface area contributed by atoms with E-state index in [1.54, 1.807) is 12.3 Å². The summed E-state index contributed by atoms with van der Waals surface area (Å²) in [5.74, 6) is 0.687. The first-order valence-corrected chi connectivity index (χ1v) is 5.66. The van der Waals surface area contributed by atoms with Gasteiger partial charge in [-0.1, -0.05) is 22.0 Å². The van der Waals surface area contributed by atoms with E-state index in [9.17, 15) is 0 Å². The van der Waals surface area contributed by atoms with Crippen LogP contribution >= 0.6 is 15.9 Å². The van der Waals surface area contributed by atoms with Gasteiger partial charge in [0.25, 0.3) is 0 Å². The molecule has 0 saturated heterocycles. The molecule has 0 aliphatic heterocycles. The van der Waals surface area contributed by atoms with E-state index in [2.05, 4.69) is 26.2 Å². The van der Waals surface area contributed by atoms with Crippen LogP contribution in [0.1, 0.15) is 5.56 Å². The summed E-state index contributed by atoms with van der Waals surface area (Å²) in [6.07, 6.45) is 1.69. The van der Waals surface area contributed by atoms with Crippen LogP contribution in [0.2, 0.25) is 0 Å². The zero-order valence-electron chi connectivity index (χ0n) is 8.52. The van der Waals surface area contributed by atoms with Crippen molar-refractivity contribution in [2.24, 2.45) is 0 Å². The Kier molecular flexibility index (Phi) is 3.54. The molecule has 0 atom stereocenters. The van der Waals surface area contributed by atoms with Crippen LogP contribution in [0.4, 0.5) is 11.5 Å². The van der Waals surface area contributed by atoms with Gasteiger partial charge in [0.05, 0.1) is 6.61 Å². The fraction of sp³-hybridized carbons (Fsp3) is 0.0833. The lowest BCUT2D eigenvalue weighted by Gasteiger charge is -2.08. The van der Waals surface area contributed by atoms with Crippen molar-refractivity contribution >= 4 is 27.4 Å². The van der Waals surface area contributed by atoms with Gasteiger partial charge in [0.1, 0.15) is 5.82 Å². The molecule has 82 valence electrons. The van der Waals surface area contributed by atoms with Gasteiger partial charge in [-0.15, -0.1) is 0 Å². The maximum Gasteiger partial charge on any atom is 0.135 e. The van der Waals surface area contributed by atoms with E-state index >= 15 is 0 Å². The molecule has 0 aliphatic carbocycles. The Morgan fingerprint density at radius 2 is 1.94 bits per heavy atom. The third-order valence-corrected chi connectivity index (χ3v) is 2.70. The maximum atomic E-state index is 9.15. The van der Waals surface area contributed by atoms with Gasteiger partial charge in [0.15, 0.2) is 0 Å². The number of anilines is 2. The standard InChI is InChI=1S/C12H11BrN2O/c13-10-3-5-11(6-4-10)15-12-9(8-16)2-1-7-14-12/h1-7,16H,8H2,(H,14,15). The average Bonchev–Trinajstić information content (AvgIpc) is 2.33. The number of pyridine rings is 1. The normalized spacial score (nSPS) is 10.1. The second-order valence-corrected chi connectivity index (χ2v) is 4.22. The number of nitrogens with one attached hydrogen (secondary N) is 1. The first-order chi connectivity index (χ1) is 7.79. The van der Waals surface area contributed by atoms with Gasteiger partial charge in [-0.25, -0.2) is 4.98 Å². The molecule has 0 unspecified atom stereocenters. The average molecular weight is 279 g/mol. The Hall–Kier alpha value is -1.39. The summed E-state index contributed by atoms with van der Waals surface area (Å²) in [5, 5.41) is 12.3. The monoisotopic (exact) mass is 278 g/mol. The third-order valence-electron chi connectivity index (χ3n) is 2.17. The minimum atomic E-state index is -0.0211. The fourth-order valence-corrected chi connectivity index (χ4v) is 1.61. The molecule has 2 N–H and O–H groups in total. The minimum Gasteiger partial charge on any atom is -0.392 e. The lowest BCUT2D eigenvalue weighted by Crippen LogP contribution is -1.98. The fourth-order valence-electron chi connectivity index (χ4n) is 1.35. The highest BCUT2D eigenvalue weighted by Gasteiger charge is 2.01. The molecular formula is C12H11BrN2O. The number of aliphatic hydroxyl groups excluding tert-OH is 1. The zero-order chi connectivity index (χ0) is 11.4. The van der Waals surface area contributed by atoms with Crippen molar-refractivity contribution < 1.29 is 5.11 Å². The number of aliphatic hydroxyl groups is 1. The molecule has 0 aliphatic rings. The molecule has 0 spiro atoms. The first kappa shape index (κ1) is 11.1. The molecule has 2 aromatic rings. The van der Waals surface area contributed by atoms with E-state index < -0.39 is 0 Å². The second kappa shape index (κ2) is 5.09. The van der Waals surface area contributed by atoms with Crippen LogP contribution < -0.4 is 5.32 Å². The number of nitrogens with zero attached hydrogens (tertiary/aromatic N) is 1. The summed E-state index contributed by atoms with van der Waals surface area (Å²) in [5.41, 5.74) is 1.72. The highest BCUT2D eigenvalue weighted by atomic mass is 79.9. The molecule has 4 heteroatoms. The third kappa shape index (κ3) is 2.59. The van der Waals surface area contributed by atoms with Crippen molar-refractivity contribution in [3.05, 3.63) is 52.6 Å². The molecular weight excluding hydrogens is 268 g/mol. The van der Waals surface area contributed by atoms with E-state index in [4.69, 9.17) is 5.11 Å². The lowest BCUT2D eigenvalue weighted by atomic mass is 10.2. The summed E-state index contributed by atoms with van der Waals surface area (Å²) in [4.78, 5) is 4.18. The zero-order valence-corrected chi connectivity index (χ0v) is 10.1. The summed E-state index contributed by atoms with van der Waals surface area (Å²) in [7, 11) is 0. The summed E-state index contributed by atoms with van der Waals surface area (Å²) in [6.45, 7) is -0.0211. The highest BCUT2D eigenvalue weighted by Crippen LogP contribution is 2.20. The van der Waals surface area contributed by atoms with Crippen molar-refractivity contribution in [2.75, 3.05) is 5.32 Å². The van der Waals surface area contributed by atoms with Crippen molar-refractivity contribution in [3.63, 3.8) is 0 Å². The van der Waals surface area contributed by atoms with E-state index in [1.807, 2.05) is 30.3 Å². The smallest absolute Gasteiger partial charge is 0.135 e. The van der Waals surface area contributed by atoms with Crippen LogP contribution in [0.5, 0.6) is 0 Å². The molecule has 0 saturated carbocycles. The maximum absolute atomic E-state index is 9.15. The van der Waals surface area contributed by atoms with Gasteiger partial charge in [0, 0.05) is 21.9 Å². The Labute approximate surface area is 102 Å². The number of hydrogen-bond acceptors (Lipinski definition) is 3. The van der Waals surface area contributed by atoms with Crippen LogP contribution in [0.15, 0.2) is 47.1 Å². The van der Waals surface area contributed by atoms with Gasteiger partial charge >= 0.3 is 0 Å². The van der Waals surface area contributed by atoms with E-state index in [0.29, 0.717) is 5.82 Å². The van der Waals surface area contributed by atoms with E-state index in [1.165, 1.54) is 0 Å². The Morgan fingerprint density at radius 1 is 1.19 bits per heavy atom. The Bertz CT molecular complexity index is 471.